The van der Waals surface area contributed by atoms with Crippen molar-refractivity contribution in [2.24, 2.45) is 0 Å². The molecule has 0 radical (unpaired) electrons. The molecule has 1 fully saturated rings. The van der Waals surface area contributed by atoms with Crippen LogP contribution >= 0.6 is 0 Å². The van der Waals surface area contributed by atoms with E-state index in [1.54, 1.807) is 6.92 Å². The zero-order chi connectivity index (χ0) is 15.0. The first-order valence-electron chi connectivity index (χ1n) is 7.88. The summed E-state index contributed by atoms with van der Waals surface area (Å²) in [5, 5.41) is 5.98. The van der Waals surface area contributed by atoms with Gasteiger partial charge < -0.3 is 10.2 Å². The Labute approximate surface area is 122 Å². The second-order valence-electron chi connectivity index (χ2n) is 5.64. The molecule has 5 nitrogen and oxygen atoms in total. The number of piperidine rings is 1. The minimum absolute atomic E-state index is 0.0308. The maximum atomic E-state index is 12.2. The van der Waals surface area contributed by atoms with Gasteiger partial charge >= 0.3 is 0 Å². The SMILES string of the molecule is CCCCNC(=O)C(C)NC(C)C(=O)N1CCCCC1. The molecular weight excluding hydrogens is 254 g/mol. The quantitative estimate of drug-likeness (QED) is 0.692. The average molecular weight is 283 g/mol. The molecule has 0 bridgehead atoms. The topological polar surface area (TPSA) is 61.4 Å². The molecule has 0 spiro atoms. The van der Waals surface area contributed by atoms with E-state index < -0.39 is 0 Å². The Morgan fingerprint density at radius 3 is 2.35 bits per heavy atom. The number of likely N-dealkylation sites (tertiary alicyclic amines) is 1. The third-order valence-corrected chi connectivity index (χ3v) is 3.76. The van der Waals surface area contributed by atoms with E-state index in [1.807, 2.05) is 11.8 Å². The zero-order valence-corrected chi connectivity index (χ0v) is 13.1. The van der Waals surface area contributed by atoms with Crippen molar-refractivity contribution in [3.8, 4) is 0 Å². The van der Waals surface area contributed by atoms with Gasteiger partial charge in [0.15, 0.2) is 0 Å². The molecule has 2 unspecified atom stereocenters. The van der Waals surface area contributed by atoms with Crippen LogP contribution in [0.4, 0.5) is 0 Å². The highest BCUT2D eigenvalue weighted by atomic mass is 16.2. The highest BCUT2D eigenvalue weighted by molar-refractivity contribution is 5.84. The second kappa shape index (κ2) is 8.95. The molecule has 1 saturated heterocycles. The summed E-state index contributed by atoms with van der Waals surface area (Å²) in [4.78, 5) is 26.0. The van der Waals surface area contributed by atoms with Gasteiger partial charge in [0.1, 0.15) is 0 Å². The van der Waals surface area contributed by atoms with Crippen LogP contribution in [0, 0.1) is 0 Å². The van der Waals surface area contributed by atoms with Crippen molar-refractivity contribution in [1.29, 1.82) is 0 Å². The lowest BCUT2D eigenvalue weighted by molar-refractivity contribution is -0.134. The van der Waals surface area contributed by atoms with Gasteiger partial charge in [-0.1, -0.05) is 13.3 Å². The Kier molecular flexibility index (Phi) is 7.59. The van der Waals surface area contributed by atoms with Crippen LogP contribution in [0.15, 0.2) is 0 Å². The first kappa shape index (κ1) is 17.0. The molecule has 0 aromatic heterocycles. The maximum absolute atomic E-state index is 12.2. The van der Waals surface area contributed by atoms with E-state index in [0.29, 0.717) is 6.54 Å². The number of hydrogen-bond donors (Lipinski definition) is 2. The van der Waals surface area contributed by atoms with Gasteiger partial charge in [0.05, 0.1) is 12.1 Å². The Bertz CT molecular complexity index is 314. The molecule has 1 aliphatic rings. The Balaban J connectivity index is 2.33. The van der Waals surface area contributed by atoms with Gasteiger partial charge in [-0.05, 0) is 39.5 Å². The van der Waals surface area contributed by atoms with Gasteiger partial charge in [0, 0.05) is 19.6 Å². The van der Waals surface area contributed by atoms with E-state index in [0.717, 1.165) is 38.8 Å². The smallest absolute Gasteiger partial charge is 0.239 e. The molecule has 2 amide bonds. The molecule has 0 saturated carbocycles. The van der Waals surface area contributed by atoms with Crippen molar-refractivity contribution < 1.29 is 9.59 Å². The monoisotopic (exact) mass is 283 g/mol. The fraction of sp³-hybridized carbons (Fsp3) is 0.867. The Morgan fingerprint density at radius 2 is 1.75 bits per heavy atom. The Morgan fingerprint density at radius 1 is 1.10 bits per heavy atom. The van der Waals surface area contributed by atoms with Crippen LogP contribution in [0.3, 0.4) is 0 Å². The molecule has 0 aromatic rings. The number of unbranched alkanes of at least 4 members (excludes halogenated alkanes) is 1. The first-order valence-corrected chi connectivity index (χ1v) is 7.88. The second-order valence-corrected chi connectivity index (χ2v) is 5.64. The molecule has 1 aliphatic heterocycles. The highest BCUT2D eigenvalue weighted by Gasteiger charge is 2.24. The molecule has 1 heterocycles. The lowest BCUT2D eigenvalue weighted by Crippen LogP contribution is -2.52. The predicted octanol–water partition coefficient (Wildman–Crippen LogP) is 1.28. The summed E-state index contributed by atoms with van der Waals surface area (Å²) in [6.45, 7) is 8.14. The molecule has 20 heavy (non-hydrogen) atoms. The van der Waals surface area contributed by atoms with Crippen LogP contribution in [0.25, 0.3) is 0 Å². The summed E-state index contributed by atoms with van der Waals surface area (Å²) < 4.78 is 0. The zero-order valence-electron chi connectivity index (χ0n) is 13.1. The number of carbonyl (C=O) groups excluding carboxylic acids is 2. The van der Waals surface area contributed by atoms with Crippen LogP contribution in [-0.2, 0) is 9.59 Å². The van der Waals surface area contributed by atoms with E-state index >= 15 is 0 Å². The van der Waals surface area contributed by atoms with Crippen molar-refractivity contribution in [3.63, 3.8) is 0 Å². The van der Waals surface area contributed by atoms with E-state index in [1.165, 1.54) is 6.42 Å². The van der Waals surface area contributed by atoms with Gasteiger partial charge in [-0.25, -0.2) is 0 Å². The first-order chi connectivity index (χ1) is 9.56. The summed E-state index contributed by atoms with van der Waals surface area (Å²) in [6, 6.07) is -0.643. The number of amides is 2. The lowest BCUT2D eigenvalue weighted by atomic mass is 10.1. The number of hydrogen-bond acceptors (Lipinski definition) is 3. The van der Waals surface area contributed by atoms with Gasteiger partial charge in [0.2, 0.25) is 11.8 Å². The molecule has 116 valence electrons. The fourth-order valence-electron chi connectivity index (χ4n) is 2.45. The van der Waals surface area contributed by atoms with Crippen LogP contribution in [-0.4, -0.2) is 48.4 Å². The number of carbonyl (C=O) groups is 2. The summed E-state index contributed by atoms with van der Waals surface area (Å²) in [7, 11) is 0. The molecule has 0 aliphatic carbocycles. The van der Waals surface area contributed by atoms with Crippen LogP contribution in [0.1, 0.15) is 52.9 Å². The van der Waals surface area contributed by atoms with Gasteiger partial charge in [-0.15, -0.1) is 0 Å². The van der Waals surface area contributed by atoms with Gasteiger partial charge in [-0.2, -0.15) is 0 Å². The summed E-state index contributed by atoms with van der Waals surface area (Å²) in [5.74, 6) is 0.0784. The van der Waals surface area contributed by atoms with Gasteiger partial charge in [-0.3, -0.25) is 14.9 Å². The minimum atomic E-state index is -0.337. The lowest BCUT2D eigenvalue weighted by Gasteiger charge is -2.30. The minimum Gasteiger partial charge on any atom is -0.355 e. The maximum Gasteiger partial charge on any atom is 0.239 e. The van der Waals surface area contributed by atoms with E-state index in [9.17, 15) is 9.59 Å². The fourth-order valence-corrected chi connectivity index (χ4v) is 2.45. The molecule has 5 heteroatoms. The van der Waals surface area contributed by atoms with E-state index in [4.69, 9.17) is 0 Å². The van der Waals surface area contributed by atoms with E-state index in [2.05, 4.69) is 17.6 Å². The third kappa shape index (κ3) is 5.49. The van der Waals surface area contributed by atoms with Crippen molar-refractivity contribution in [1.82, 2.24) is 15.5 Å². The molecule has 2 atom stereocenters. The highest BCUT2D eigenvalue weighted by Crippen LogP contribution is 2.10. The van der Waals surface area contributed by atoms with Crippen molar-refractivity contribution in [2.45, 2.75) is 65.0 Å². The van der Waals surface area contributed by atoms with Crippen LogP contribution < -0.4 is 10.6 Å². The number of rotatable bonds is 7. The number of nitrogens with zero attached hydrogens (tertiary/aromatic N) is 1. The van der Waals surface area contributed by atoms with Crippen LogP contribution in [0.2, 0.25) is 0 Å². The predicted molar refractivity (Wildman–Crippen MR) is 80.4 cm³/mol. The van der Waals surface area contributed by atoms with Crippen molar-refractivity contribution in [2.75, 3.05) is 19.6 Å². The van der Waals surface area contributed by atoms with Crippen molar-refractivity contribution >= 4 is 11.8 Å². The standard InChI is InChI=1S/C15H29N3O2/c1-4-5-9-16-14(19)12(2)17-13(3)15(20)18-10-7-6-8-11-18/h12-13,17H,4-11H2,1-3H3,(H,16,19). The molecular formula is C15H29N3O2. The summed E-state index contributed by atoms with van der Waals surface area (Å²) in [6.07, 6.45) is 5.44. The third-order valence-electron chi connectivity index (χ3n) is 3.76. The van der Waals surface area contributed by atoms with E-state index in [-0.39, 0.29) is 23.9 Å². The molecule has 0 aromatic carbocycles. The van der Waals surface area contributed by atoms with Crippen LogP contribution in [0.5, 0.6) is 0 Å². The molecule has 2 N–H and O–H groups in total. The average Bonchev–Trinajstić information content (AvgIpc) is 2.47. The molecule has 1 rings (SSSR count). The largest absolute Gasteiger partial charge is 0.355 e. The summed E-state index contributed by atoms with van der Waals surface area (Å²) in [5.41, 5.74) is 0. The van der Waals surface area contributed by atoms with Gasteiger partial charge in [0.25, 0.3) is 0 Å². The van der Waals surface area contributed by atoms with Crippen molar-refractivity contribution in [3.05, 3.63) is 0 Å². The summed E-state index contributed by atoms with van der Waals surface area (Å²) >= 11 is 0. The normalized spacial score (nSPS) is 18.4. The Hall–Kier alpha value is -1.10. The number of nitrogens with one attached hydrogen (secondary N) is 2.